The van der Waals surface area contributed by atoms with Crippen molar-refractivity contribution in [1.29, 1.82) is 0 Å². The lowest BCUT2D eigenvalue weighted by Gasteiger charge is -2.29. The minimum absolute atomic E-state index is 0.000553. The predicted molar refractivity (Wildman–Crippen MR) is 70.1 cm³/mol. The van der Waals surface area contributed by atoms with E-state index in [1.807, 2.05) is 20.0 Å². The molecule has 1 fully saturated rings. The van der Waals surface area contributed by atoms with Crippen LogP contribution in [0.3, 0.4) is 0 Å². The minimum Gasteiger partial charge on any atom is -0.478 e. The van der Waals surface area contributed by atoms with E-state index in [2.05, 4.69) is 5.10 Å². The molecule has 1 aromatic heterocycles. The summed E-state index contributed by atoms with van der Waals surface area (Å²) in [5, 5.41) is 4.19. The van der Waals surface area contributed by atoms with Crippen molar-refractivity contribution in [2.75, 3.05) is 26.3 Å². The Kier molecular flexibility index (Phi) is 4.42. The van der Waals surface area contributed by atoms with Gasteiger partial charge in [0.2, 0.25) is 0 Å². The molecule has 1 unspecified atom stereocenters. The van der Waals surface area contributed by atoms with Crippen LogP contribution in [0.4, 0.5) is 0 Å². The fourth-order valence-electron chi connectivity index (χ4n) is 1.96. The monoisotopic (exact) mass is 267 g/mol. The Morgan fingerprint density at radius 1 is 1.37 bits per heavy atom. The topological polar surface area (TPSA) is 56.6 Å². The molecular formula is C13H21N3O3. The molecule has 1 saturated heterocycles. The molecule has 19 heavy (non-hydrogen) atoms. The van der Waals surface area contributed by atoms with Crippen molar-refractivity contribution >= 4 is 5.91 Å². The van der Waals surface area contributed by atoms with E-state index >= 15 is 0 Å². The Bertz CT molecular complexity index is 425. The van der Waals surface area contributed by atoms with Crippen LogP contribution in [-0.2, 0) is 9.53 Å². The van der Waals surface area contributed by atoms with Crippen molar-refractivity contribution in [3.05, 3.63) is 12.4 Å². The third-order valence-electron chi connectivity index (χ3n) is 3.09. The van der Waals surface area contributed by atoms with Gasteiger partial charge >= 0.3 is 0 Å². The maximum Gasteiger partial charge on any atom is 0.263 e. The third-order valence-corrected chi connectivity index (χ3v) is 3.09. The fourth-order valence-corrected chi connectivity index (χ4v) is 1.96. The third kappa shape index (κ3) is 3.47. The second-order valence-corrected chi connectivity index (χ2v) is 4.95. The molecule has 1 aliphatic rings. The summed E-state index contributed by atoms with van der Waals surface area (Å²) in [4.78, 5) is 13.9. The van der Waals surface area contributed by atoms with E-state index in [-0.39, 0.29) is 11.9 Å². The highest BCUT2D eigenvalue weighted by molar-refractivity contribution is 5.81. The largest absolute Gasteiger partial charge is 0.478 e. The zero-order valence-electron chi connectivity index (χ0n) is 11.7. The molecule has 0 aliphatic carbocycles. The Morgan fingerprint density at radius 2 is 2.05 bits per heavy atom. The molecule has 0 saturated carbocycles. The average Bonchev–Trinajstić information content (AvgIpc) is 2.87. The molecule has 0 spiro atoms. The standard InChI is InChI=1S/C13H21N3O3/c1-10(2)16-9-12(8-14-16)19-11(3)13(17)15-4-6-18-7-5-15/h8-11H,4-7H2,1-3H3. The highest BCUT2D eigenvalue weighted by atomic mass is 16.5. The van der Waals surface area contributed by atoms with Crippen LogP contribution in [0.5, 0.6) is 5.75 Å². The van der Waals surface area contributed by atoms with Crippen molar-refractivity contribution in [3.63, 3.8) is 0 Å². The Morgan fingerprint density at radius 3 is 2.63 bits per heavy atom. The number of aromatic nitrogens is 2. The van der Waals surface area contributed by atoms with Gasteiger partial charge in [0.15, 0.2) is 11.9 Å². The number of morpholine rings is 1. The minimum atomic E-state index is -0.497. The zero-order valence-corrected chi connectivity index (χ0v) is 11.7. The molecule has 1 atom stereocenters. The van der Waals surface area contributed by atoms with Gasteiger partial charge in [-0.3, -0.25) is 9.48 Å². The predicted octanol–water partition coefficient (Wildman–Crippen LogP) is 1.09. The number of nitrogens with zero attached hydrogens (tertiary/aromatic N) is 3. The zero-order chi connectivity index (χ0) is 13.8. The van der Waals surface area contributed by atoms with Gasteiger partial charge in [0.05, 0.1) is 25.6 Å². The summed E-state index contributed by atoms with van der Waals surface area (Å²) in [7, 11) is 0. The van der Waals surface area contributed by atoms with Gasteiger partial charge in [-0.05, 0) is 20.8 Å². The number of hydrogen-bond donors (Lipinski definition) is 0. The first kappa shape index (κ1) is 13.9. The summed E-state index contributed by atoms with van der Waals surface area (Å²) in [5.41, 5.74) is 0. The van der Waals surface area contributed by atoms with Crippen molar-refractivity contribution in [2.45, 2.75) is 32.9 Å². The molecule has 0 aromatic carbocycles. The van der Waals surface area contributed by atoms with Gasteiger partial charge in [0.1, 0.15) is 0 Å². The van der Waals surface area contributed by atoms with Crippen molar-refractivity contribution in [1.82, 2.24) is 14.7 Å². The van der Waals surface area contributed by atoms with Gasteiger partial charge in [-0.1, -0.05) is 0 Å². The molecule has 0 radical (unpaired) electrons. The number of ether oxygens (including phenoxy) is 2. The Hall–Kier alpha value is -1.56. The molecule has 6 nitrogen and oxygen atoms in total. The van der Waals surface area contributed by atoms with Crippen LogP contribution in [0.1, 0.15) is 26.8 Å². The molecule has 6 heteroatoms. The lowest BCUT2D eigenvalue weighted by Crippen LogP contribution is -2.46. The summed E-state index contributed by atoms with van der Waals surface area (Å²) < 4.78 is 12.7. The molecule has 2 heterocycles. The first-order valence-corrected chi connectivity index (χ1v) is 6.65. The van der Waals surface area contributed by atoms with Crippen LogP contribution in [0.25, 0.3) is 0 Å². The van der Waals surface area contributed by atoms with Crippen LogP contribution in [-0.4, -0.2) is 53.0 Å². The van der Waals surface area contributed by atoms with Gasteiger partial charge in [-0.2, -0.15) is 5.10 Å². The summed E-state index contributed by atoms with van der Waals surface area (Å²) in [6.07, 6.45) is 2.96. The van der Waals surface area contributed by atoms with E-state index in [1.165, 1.54) is 0 Å². The SMILES string of the molecule is CC(Oc1cnn(C(C)C)c1)C(=O)N1CCOCC1. The van der Waals surface area contributed by atoms with E-state index in [9.17, 15) is 4.79 Å². The number of amides is 1. The van der Waals surface area contributed by atoms with Crippen molar-refractivity contribution < 1.29 is 14.3 Å². The van der Waals surface area contributed by atoms with Gasteiger partial charge in [0, 0.05) is 19.1 Å². The van der Waals surface area contributed by atoms with Gasteiger partial charge in [-0.15, -0.1) is 0 Å². The Balaban J connectivity index is 1.91. The van der Waals surface area contributed by atoms with E-state index < -0.39 is 6.10 Å². The number of rotatable bonds is 4. The fraction of sp³-hybridized carbons (Fsp3) is 0.692. The molecular weight excluding hydrogens is 246 g/mol. The van der Waals surface area contributed by atoms with Crippen molar-refractivity contribution in [2.24, 2.45) is 0 Å². The lowest BCUT2D eigenvalue weighted by molar-refractivity contribution is -0.142. The average molecular weight is 267 g/mol. The maximum atomic E-state index is 12.2. The van der Waals surface area contributed by atoms with Crippen molar-refractivity contribution in [3.8, 4) is 5.75 Å². The smallest absolute Gasteiger partial charge is 0.263 e. The van der Waals surface area contributed by atoms with Crippen LogP contribution in [0.15, 0.2) is 12.4 Å². The molecule has 0 bridgehead atoms. The Labute approximate surface area is 113 Å². The summed E-state index contributed by atoms with van der Waals surface area (Å²) in [6.45, 7) is 8.33. The highest BCUT2D eigenvalue weighted by Crippen LogP contribution is 2.15. The molecule has 106 valence electrons. The normalized spacial score (nSPS) is 17.6. The lowest BCUT2D eigenvalue weighted by atomic mass is 10.3. The molecule has 1 amide bonds. The van der Waals surface area contributed by atoms with Gasteiger partial charge in [-0.25, -0.2) is 0 Å². The maximum absolute atomic E-state index is 12.2. The quantitative estimate of drug-likeness (QED) is 0.819. The number of carbonyl (C=O) groups is 1. The number of hydrogen-bond acceptors (Lipinski definition) is 4. The van der Waals surface area contributed by atoms with E-state index in [4.69, 9.17) is 9.47 Å². The van der Waals surface area contributed by atoms with E-state index in [0.717, 1.165) is 0 Å². The van der Waals surface area contributed by atoms with E-state index in [0.29, 0.717) is 32.1 Å². The van der Waals surface area contributed by atoms with E-state index in [1.54, 1.807) is 22.7 Å². The van der Waals surface area contributed by atoms with Crippen LogP contribution in [0, 0.1) is 0 Å². The second kappa shape index (κ2) is 6.06. The second-order valence-electron chi connectivity index (χ2n) is 4.95. The van der Waals surface area contributed by atoms with Crippen LogP contribution < -0.4 is 4.74 Å². The first-order chi connectivity index (χ1) is 9.08. The molecule has 2 rings (SSSR count). The summed E-state index contributed by atoms with van der Waals surface area (Å²) in [5.74, 6) is 0.628. The highest BCUT2D eigenvalue weighted by Gasteiger charge is 2.24. The van der Waals surface area contributed by atoms with Crippen LogP contribution in [0.2, 0.25) is 0 Å². The summed E-state index contributed by atoms with van der Waals surface area (Å²) in [6, 6.07) is 0.280. The van der Waals surface area contributed by atoms with Gasteiger partial charge < -0.3 is 14.4 Å². The first-order valence-electron chi connectivity index (χ1n) is 6.65. The van der Waals surface area contributed by atoms with Crippen LogP contribution >= 0.6 is 0 Å². The molecule has 0 N–H and O–H groups in total. The molecule has 1 aliphatic heterocycles. The summed E-state index contributed by atoms with van der Waals surface area (Å²) >= 11 is 0. The van der Waals surface area contributed by atoms with Gasteiger partial charge in [0.25, 0.3) is 5.91 Å². The molecule has 1 aromatic rings. The number of carbonyl (C=O) groups excluding carboxylic acids is 1.